The third-order valence-electron chi connectivity index (χ3n) is 3.77. The molecule has 2 atom stereocenters. The maximum absolute atomic E-state index is 12.2. The van der Waals surface area contributed by atoms with Gasteiger partial charge in [0, 0.05) is 17.1 Å². The zero-order valence-electron chi connectivity index (χ0n) is 14.9. The standard InChI is InChI=1S/C19H29IO4/c1-4-6-12-17(24-18(21)13-7-5-2)19(23-14-22-3)15-10-8-9-11-16(15)20/h8-11,17,19H,4-7,12-14H2,1-3H3/t17-,19-/m0/s1. The Morgan fingerprint density at radius 2 is 1.88 bits per heavy atom. The van der Waals surface area contributed by atoms with E-state index in [-0.39, 0.29) is 25.0 Å². The van der Waals surface area contributed by atoms with Crippen molar-refractivity contribution in [2.75, 3.05) is 13.9 Å². The lowest BCUT2D eigenvalue weighted by Crippen LogP contribution is -2.28. The van der Waals surface area contributed by atoms with Crippen molar-refractivity contribution in [1.82, 2.24) is 0 Å². The van der Waals surface area contributed by atoms with Crippen LogP contribution in [0.3, 0.4) is 0 Å². The molecule has 0 aliphatic carbocycles. The largest absolute Gasteiger partial charge is 0.459 e. The Kier molecular flexibility index (Phi) is 11.3. The second kappa shape index (κ2) is 12.7. The third kappa shape index (κ3) is 7.49. The molecular formula is C19H29IO4. The van der Waals surface area contributed by atoms with Crippen LogP contribution in [0.15, 0.2) is 24.3 Å². The molecule has 136 valence electrons. The van der Waals surface area contributed by atoms with E-state index in [4.69, 9.17) is 14.2 Å². The first-order valence-corrected chi connectivity index (χ1v) is 9.76. The zero-order valence-corrected chi connectivity index (χ0v) is 17.1. The molecule has 0 spiro atoms. The van der Waals surface area contributed by atoms with Gasteiger partial charge >= 0.3 is 5.97 Å². The van der Waals surface area contributed by atoms with Crippen LogP contribution in [0.5, 0.6) is 0 Å². The molecule has 0 radical (unpaired) electrons. The number of methoxy groups -OCH3 is 1. The van der Waals surface area contributed by atoms with Crippen molar-refractivity contribution < 1.29 is 19.0 Å². The molecule has 0 bridgehead atoms. The van der Waals surface area contributed by atoms with Crippen LogP contribution in [0.4, 0.5) is 0 Å². The normalized spacial score (nSPS) is 13.5. The van der Waals surface area contributed by atoms with Gasteiger partial charge in [-0.05, 0) is 53.5 Å². The molecule has 4 nitrogen and oxygen atoms in total. The average molecular weight is 448 g/mol. The second-order valence-corrected chi connectivity index (χ2v) is 6.95. The highest BCUT2D eigenvalue weighted by molar-refractivity contribution is 14.1. The summed E-state index contributed by atoms with van der Waals surface area (Å²) in [4.78, 5) is 12.2. The first kappa shape index (κ1) is 21.4. The van der Waals surface area contributed by atoms with Crippen LogP contribution in [0.25, 0.3) is 0 Å². The lowest BCUT2D eigenvalue weighted by Gasteiger charge is -2.28. The minimum atomic E-state index is -0.310. The van der Waals surface area contributed by atoms with Crippen molar-refractivity contribution in [3.8, 4) is 0 Å². The fraction of sp³-hybridized carbons (Fsp3) is 0.632. The van der Waals surface area contributed by atoms with Crippen LogP contribution in [0.1, 0.15) is 64.0 Å². The maximum Gasteiger partial charge on any atom is 0.306 e. The summed E-state index contributed by atoms with van der Waals surface area (Å²) in [6.07, 6.45) is 4.51. The second-order valence-electron chi connectivity index (χ2n) is 5.79. The number of ether oxygens (including phenoxy) is 3. The minimum Gasteiger partial charge on any atom is -0.459 e. The van der Waals surface area contributed by atoms with E-state index in [1.165, 1.54) is 0 Å². The zero-order chi connectivity index (χ0) is 17.8. The lowest BCUT2D eigenvalue weighted by atomic mass is 9.99. The number of carbonyl (C=O) groups is 1. The van der Waals surface area contributed by atoms with Crippen molar-refractivity contribution in [3.63, 3.8) is 0 Å². The van der Waals surface area contributed by atoms with Crippen molar-refractivity contribution >= 4 is 28.6 Å². The molecule has 0 aromatic heterocycles. The Balaban J connectivity index is 2.96. The fourth-order valence-electron chi connectivity index (χ4n) is 2.47. The van der Waals surface area contributed by atoms with Gasteiger partial charge in [-0.3, -0.25) is 4.79 Å². The van der Waals surface area contributed by atoms with Gasteiger partial charge in [0.1, 0.15) is 19.0 Å². The summed E-state index contributed by atoms with van der Waals surface area (Å²) in [5.41, 5.74) is 1.04. The first-order chi connectivity index (χ1) is 11.6. The van der Waals surface area contributed by atoms with Crippen LogP contribution in [0.2, 0.25) is 0 Å². The highest BCUT2D eigenvalue weighted by Gasteiger charge is 2.28. The van der Waals surface area contributed by atoms with E-state index in [1.807, 2.05) is 24.3 Å². The van der Waals surface area contributed by atoms with Crippen LogP contribution in [0, 0.1) is 3.57 Å². The molecule has 0 aliphatic heterocycles. The maximum atomic E-state index is 12.2. The van der Waals surface area contributed by atoms with Gasteiger partial charge in [0.15, 0.2) is 0 Å². The van der Waals surface area contributed by atoms with E-state index in [9.17, 15) is 4.79 Å². The number of esters is 1. The summed E-state index contributed by atoms with van der Waals surface area (Å²) in [5, 5.41) is 0. The average Bonchev–Trinajstić information content (AvgIpc) is 2.59. The summed E-state index contributed by atoms with van der Waals surface area (Å²) in [6, 6.07) is 8.04. The van der Waals surface area contributed by atoms with Gasteiger partial charge in [0.25, 0.3) is 0 Å². The SMILES string of the molecule is CCCCC(=O)O[C@@H](CCCC)[C@@H](OCOC)c1ccccc1I. The number of halogens is 1. The van der Waals surface area contributed by atoms with Gasteiger partial charge in [-0.2, -0.15) is 0 Å². The van der Waals surface area contributed by atoms with Crippen molar-refractivity contribution in [1.29, 1.82) is 0 Å². The van der Waals surface area contributed by atoms with E-state index in [0.29, 0.717) is 6.42 Å². The van der Waals surface area contributed by atoms with Gasteiger partial charge in [0.05, 0.1) is 0 Å². The van der Waals surface area contributed by atoms with Gasteiger partial charge in [0.2, 0.25) is 0 Å². The number of rotatable bonds is 12. The Morgan fingerprint density at radius 3 is 2.50 bits per heavy atom. The third-order valence-corrected chi connectivity index (χ3v) is 4.76. The Hall–Kier alpha value is -0.660. The molecule has 0 unspecified atom stereocenters. The van der Waals surface area contributed by atoms with Crippen molar-refractivity contribution in [3.05, 3.63) is 33.4 Å². The van der Waals surface area contributed by atoms with Gasteiger partial charge < -0.3 is 14.2 Å². The summed E-state index contributed by atoms with van der Waals surface area (Å²) in [6.45, 7) is 4.37. The number of benzene rings is 1. The molecule has 1 aromatic rings. The van der Waals surface area contributed by atoms with Crippen LogP contribution >= 0.6 is 22.6 Å². The van der Waals surface area contributed by atoms with Gasteiger partial charge in [-0.1, -0.05) is 44.9 Å². The van der Waals surface area contributed by atoms with E-state index >= 15 is 0 Å². The predicted octanol–water partition coefficient (Wildman–Crippen LogP) is 5.25. The van der Waals surface area contributed by atoms with E-state index in [1.54, 1.807) is 7.11 Å². The summed E-state index contributed by atoms with van der Waals surface area (Å²) in [7, 11) is 1.60. The molecule has 24 heavy (non-hydrogen) atoms. The number of hydrogen-bond donors (Lipinski definition) is 0. The molecule has 1 rings (SSSR count). The summed E-state index contributed by atoms with van der Waals surface area (Å²) >= 11 is 2.29. The molecule has 0 amide bonds. The molecule has 0 fully saturated rings. The molecular weight excluding hydrogens is 419 g/mol. The Morgan fingerprint density at radius 1 is 1.17 bits per heavy atom. The van der Waals surface area contributed by atoms with Crippen LogP contribution in [-0.4, -0.2) is 26.0 Å². The molecule has 0 saturated heterocycles. The lowest BCUT2D eigenvalue weighted by molar-refractivity contribution is -0.167. The first-order valence-electron chi connectivity index (χ1n) is 8.68. The number of unbranched alkanes of at least 4 members (excludes halogenated alkanes) is 2. The fourth-order valence-corrected chi connectivity index (χ4v) is 3.17. The summed E-state index contributed by atoms with van der Waals surface area (Å²) in [5.74, 6) is -0.144. The minimum absolute atomic E-state index is 0.144. The predicted molar refractivity (Wildman–Crippen MR) is 104 cm³/mol. The monoisotopic (exact) mass is 448 g/mol. The molecule has 0 heterocycles. The highest BCUT2D eigenvalue weighted by Crippen LogP contribution is 2.30. The van der Waals surface area contributed by atoms with E-state index in [2.05, 4.69) is 36.4 Å². The van der Waals surface area contributed by atoms with E-state index < -0.39 is 0 Å². The molecule has 0 aliphatic rings. The Bertz CT molecular complexity index is 478. The van der Waals surface area contributed by atoms with Gasteiger partial charge in [-0.15, -0.1) is 0 Å². The Labute approximate surface area is 159 Å². The van der Waals surface area contributed by atoms with Crippen LogP contribution < -0.4 is 0 Å². The van der Waals surface area contributed by atoms with Crippen molar-refractivity contribution in [2.24, 2.45) is 0 Å². The molecule has 0 saturated carbocycles. The van der Waals surface area contributed by atoms with E-state index in [0.717, 1.165) is 41.2 Å². The molecule has 1 aromatic carbocycles. The molecule has 5 heteroatoms. The number of hydrogen-bond acceptors (Lipinski definition) is 4. The molecule has 0 N–H and O–H groups in total. The quantitative estimate of drug-likeness (QED) is 0.249. The highest BCUT2D eigenvalue weighted by atomic mass is 127. The topological polar surface area (TPSA) is 44.8 Å². The summed E-state index contributed by atoms with van der Waals surface area (Å²) < 4.78 is 17.9. The van der Waals surface area contributed by atoms with Crippen molar-refractivity contribution in [2.45, 2.75) is 64.6 Å². The van der Waals surface area contributed by atoms with Crippen LogP contribution in [-0.2, 0) is 19.0 Å². The smallest absolute Gasteiger partial charge is 0.306 e. The number of carbonyl (C=O) groups excluding carboxylic acids is 1. The van der Waals surface area contributed by atoms with Gasteiger partial charge in [-0.25, -0.2) is 0 Å².